The van der Waals surface area contributed by atoms with Crippen molar-refractivity contribution in [3.8, 4) is 0 Å². The van der Waals surface area contributed by atoms with Gasteiger partial charge in [0, 0.05) is 22.8 Å². The van der Waals surface area contributed by atoms with E-state index in [0.29, 0.717) is 13.2 Å². The predicted molar refractivity (Wildman–Crippen MR) is 81.0 cm³/mol. The van der Waals surface area contributed by atoms with E-state index < -0.39 is 0 Å². The highest BCUT2D eigenvalue weighted by Gasteiger charge is 2.03. The van der Waals surface area contributed by atoms with E-state index in [1.54, 1.807) is 6.20 Å². The Morgan fingerprint density at radius 2 is 1.84 bits per heavy atom. The molecule has 0 atom stereocenters. The van der Waals surface area contributed by atoms with Crippen LogP contribution in [0.2, 0.25) is 0 Å². The topological polar surface area (TPSA) is 34.2 Å². The molecule has 2 rings (SSSR count). The summed E-state index contributed by atoms with van der Waals surface area (Å²) in [5, 5.41) is 3.24. The van der Waals surface area contributed by atoms with Gasteiger partial charge in [0.15, 0.2) is 0 Å². The van der Waals surface area contributed by atoms with Crippen molar-refractivity contribution in [1.29, 1.82) is 0 Å². The van der Waals surface area contributed by atoms with Crippen LogP contribution in [-0.4, -0.2) is 11.5 Å². The minimum Gasteiger partial charge on any atom is -0.372 e. The summed E-state index contributed by atoms with van der Waals surface area (Å²) in [6.07, 6.45) is 1.79. The summed E-state index contributed by atoms with van der Waals surface area (Å²) in [5.74, 6) is 0.900. The van der Waals surface area contributed by atoms with Crippen molar-refractivity contribution >= 4 is 21.7 Å². The molecular formula is C15H17BrN2O. The van der Waals surface area contributed by atoms with Crippen LogP contribution >= 0.6 is 15.9 Å². The molecule has 0 saturated carbocycles. The Hall–Kier alpha value is -1.39. The Labute approximate surface area is 122 Å². The van der Waals surface area contributed by atoms with Gasteiger partial charge in [-0.15, -0.1) is 0 Å². The number of hydrogen-bond donors (Lipinski definition) is 1. The summed E-state index contributed by atoms with van der Waals surface area (Å²) in [4.78, 5) is 4.31. The zero-order valence-electron chi connectivity index (χ0n) is 10.9. The summed E-state index contributed by atoms with van der Waals surface area (Å²) in [6.45, 7) is 4.05. The predicted octanol–water partition coefficient (Wildman–Crippen LogP) is 3.99. The van der Waals surface area contributed by atoms with E-state index in [2.05, 4.69) is 39.2 Å². The van der Waals surface area contributed by atoms with Crippen LogP contribution in [0.15, 0.2) is 47.1 Å². The third kappa shape index (κ3) is 4.04. The molecule has 100 valence electrons. The number of halogens is 1. The average molecular weight is 321 g/mol. The van der Waals surface area contributed by atoms with E-state index in [9.17, 15) is 0 Å². The minimum atomic E-state index is 0.553. The van der Waals surface area contributed by atoms with E-state index in [0.717, 1.165) is 28.0 Å². The Kier molecular flexibility index (Phi) is 5.36. The summed E-state index contributed by atoms with van der Waals surface area (Å²) >= 11 is 3.52. The Bertz CT molecular complexity index is 531. The zero-order valence-corrected chi connectivity index (χ0v) is 12.5. The van der Waals surface area contributed by atoms with Gasteiger partial charge in [0.05, 0.1) is 13.2 Å². The molecule has 0 bridgehead atoms. The molecular weight excluding hydrogens is 304 g/mol. The molecule has 0 radical (unpaired) electrons. The van der Waals surface area contributed by atoms with Crippen LogP contribution in [0, 0.1) is 0 Å². The van der Waals surface area contributed by atoms with Crippen LogP contribution in [0.5, 0.6) is 0 Å². The van der Waals surface area contributed by atoms with Gasteiger partial charge in [-0.25, -0.2) is 4.98 Å². The second-order valence-corrected chi connectivity index (χ2v) is 4.98. The molecule has 0 amide bonds. The Morgan fingerprint density at radius 1 is 1.11 bits per heavy atom. The Morgan fingerprint density at radius 3 is 2.63 bits per heavy atom. The van der Waals surface area contributed by atoms with Crippen molar-refractivity contribution < 1.29 is 4.74 Å². The van der Waals surface area contributed by atoms with Gasteiger partial charge in [-0.2, -0.15) is 0 Å². The lowest BCUT2D eigenvalue weighted by molar-refractivity contribution is 0.107. The first kappa shape index (κ1) is 14.0. The van der Waals surface area contributed by atoms with Crippen LogP contribution in [0.25, 0.3) is 0 Å². The average Bonchev–Trinajstić information content (AvgIpc) is 2.43. The molecule has 0 aliphatic heterocycles. The highest BCUT2D eigenvalue weighted by Crippen LogP contribution is 2.18. The highest BCUT2D eigenvalue weighted by atomic mass is 79.9. The van der Waals surface area contributed by atoms with Crippen molar-refractivity contribution in [1.82, 2.24) is 4.98 Å². The lowest BCUT2D eigenvalue weighted by Gasteiger charge is -2.10. The number of hydrogen-bond acceptors (Lipinski definition) is 3. The van der Waals surface area contributed by atoms with Crippen molar-refractivity contribution in [2.75, 3.05) is 11.9 Å². The molecule has 0 unspecified atom stereocenters. The fourth-order valence-corrected chi connectivity index (χ4v) is 2.17. The van der Waals surface area contributed by atoms with Gasteiger partial charge in [-0.1, -0.05) is 40.2 Å². The highest BCUT2D eigenvalue weighted by molar-refractivity contribution is 9.10. The van der Waals surface area contributed by atoms with E-state index >= 15 is 0 Å². The molecule has 0 fully saturated rings. The van der Waals surface area contributed by atoms with Gasteiger partial charge >= 0.3 is 0 Å². The molecule has 0 spiro atoms. The summed E-state index contributed by atoms with van der Waals surface area (Å²) in [7, 11) is 0. The SMILES string of the molecule is CCNc1ncccc1COCc1ccccc1Br. The number of benzene rings is 1. The third-order valence-corrected chi connectivity index (χ3v) is 3.48. The molecule has 0 aliphatic carbocycles. The van der Waals surface area contributed by atoms with Crippen LogP contribution < -0.4 is 5.32 Å². The van der Waals surface area contributed by atoms with E-state index in [1.807, 2.05) is 30.3 Å². The maximum absolute atomic E-state index is 5.76. The lowest BCUT2D eigenvalue weighted by Crippen LogP contribution is -2.04. The molecule has 0 aliphatic rings. The molecule has 0 saturated heterocycles. The molecule has 2 aromatic rings. The van der Waals surface area contributed by atoms with Gasteiger partial charge in [0.25, 0.3) is 0 Å². The fourth-order valence-electron chi connectivity index (χ4n) is 1.77. The van der Waals surface area contributed by atoms with Crippen LogP contribution in [0.3, 0.4) is 0 Å². The normalized spacial score (nSPS) is 10.4. The standard InChI is InChI=1S/C15H17BrN2O/c1-2-17-15-13(7-5-9-18-15)11-19-10-12-6-3-4-8-14(12)16/h3-9H,2,10-11H2,1H3,(H,17,18). The molecule has 1 heterocycles. The number of nitrogens with one attached hydrogen (secondary N) is 1. The summed E-state index contributed by atoms with van der Waals surface area (Å²) in [6, 6.07) is 12.0. The molecule has 1 aromatic carbocycles. The summed E-state index contributed by atoms with van der Waals surface area (Å²) in [5.41, 5.74) is 2.23. The number of aromatic nitrogens is 1. The number of nitrogens with zero attached hydrogens (tertiary/aromatic N) is 1. The molecule has 1 aromatic heterocycles. The smallest absolute Gasteiger partial charge is 0.131 e. The van der Waals surface area contributed by atoms with Crippen molar-refractivity contribution in [2.24, 2.45) is 0 Å². The van der Waals surface area contributed by atoms with E-state index in [-0.39, 0.29) is 0 Å². The van der Waals surface area contributed by atoms with Crippen LogP contribution in [-0.2, 0) is 18.0 Å². The van der Waals surface area contributed by atoms with Gasteiger partial charge < -0.3 is 10.1 Å². The number of rotatable bonds is 6. The first-order valence-corrected chi connectivity index (χ1v) is 7.09. The number of pyridine rings is 1. The lowest BCUT2D eigenvalue weighted by atomic mass is 10.2. The van der Waals surface area contributed by atoms with Crippen molar-refractivity contribution in [2.45, 2.75) is 20.1 Å². The molecule has 19 heavy (non-hydrogen) atoms. The van der Waals surface area contributed by atoms with Gasteiger partial charge in [0.1, 0.15) is 5.82 Å². The van der Waals surface area contributed by atoms with Crippen LogP contribution in [0.4, 0.5) is 5.82 Å². The van der Waals surface area contributed by atoms with Gasteiger partial charge in [-0.3, -0.25) is 0 Å². The van der Waals surface area contributed by atoms with Gasteiger partial charge in [-0.05, 0) is 24.6 Å². The minimum absolute atomic E-state index is 0.553. The van der Waals surface area contributed by atoms with Gasteiger partial charge in [0.2, 0.25) is 0 Å². The summed E-state index contributed by atoms with van der Waals surface area (Å²) < 4.78 is 6.84. The second kappa shape index (κ2) is 7.26. The van der Waals surface area contributed by atoms with E-state index in [1.165, 1.54) is 0 Å². The first-order valence-electron chi connectivity index (χ1n) is 6.30. The van der Waals surface area contributed by atoms with Crippen LogP contribution in [0.1, 0.15) is 18.1 Å². The third-order valence-electron chi connectivity index (χ3n) is 2.71. The molecule has 1 N–H and O–H groups in total. The van der Waals surface area contributed by atoms with Crippen molar-refractivity contribution in [3.05, 3.63) is 58.2 Å². The number of anilines is 1. The maximum atomic E-state index is 5.76. The Balaban J connectivity index is 1.94. The number of ether oxygens (including phenoxy) is 1. The molecule has 4 heteroatoms. The maximum Gasteiger partial charge on any atom is 0.131 e. The molecule has 3 nitrogen and oxygen atoms in total. The zero-order chi connectivity index (χ0) is 13.5. The van der Waals surface area contributed by atoms with Crippen molar-refractivity contribution in [3.63, 3.8) is 0 Å². The fraction of sp³-hybridized carbons (Fsp3) is 0.267. The largest absolute Gasteiger partial charge is 0.372 e. The van der Waals surface area contributed by atoms with E-state index in [4.69, 9.17) is 4.74 Å². The second-order valence-electron chi connectivity index (χ2n) is 4.13. The first-order chi connectivity index (χ1) is 9.31. The monoisotopic (exact) mass is 320 g/mol. The quantitative estimate of drug-likeness (QED) is 0.873.